The molecule has 0 aliphatic rings. The average Bonchev–Trinajstić information content (AvgIpc) is 2.62. The summed E-state index contributed by atoms with van der Waals surface area (Å²) in [6.45, 7) is 28.3. The number of rotatable bonds is 14. The normalized spacial score (nSPS) is 14.0. The standard InChI is InChI=1S/C20H47N2O3P/c1-10-21(11-2,12-3)16-18-24-26(23,20(7,8)9)25-19-17-22(13-4,14-5)15-6/h10-19H2,1-9H3/q+2. The molecule has 0 heterocycles. The molecule has 0 N–H and O–H groups in total. The SMILES string of the molecule is CC[N+](CC)(CC)CCOP(=O)(OCC[N+](CC)(CC)CC)C(C)(C)C. The van der Waals surface area contributed by atoms with Crippen molar-refractivity contribution in [3.63, 3.8) is 0 Å². The molecule has 5 nitrogen and oxygen atoms in total. The van der Waals surface area contributed by atoms with Gasteiger partial charge in [0.1, 0.15) is 26.3 Å². The van der Waals surface area contributed by atoms with Gasteiger partial charge >= 0.3 is 7.60 Å². The molecular formula is C20H47N2O3P+2. The molecule has 0 unspecified atom stereocenters. The van der Waals surface area contributed by atoms with Gasteiger partial charge in [0, 0.05) is 0 Å². The van der Waals surface area contributed by atoms with Gasteiger partial charge in [-0.1, -0.05) is 0 Å². The summed E-state index contributed by atoms with van der Waals surface area (Å²) in [5.74, 6) is 0. The van der Waals surface area contributed by atoms with Crippen molar-refractivity contribution in [2.45, 2.75) is 67.5 Å². The maximum absolute atomic E-state index is 13.5. The molecule has 0 amide bonds. The minimum absolute atomic E-state index is 0.486. The summed E-state index contributed by atoms with van der Waals surface area (Å²) in [6.07, 6.45) is 0. The number of nitrogens with zero attached hydrogens (tertiary/aromatic N) is 2. The minimum Gasteiger partial charge on any atom is -0.322 e. The number of hydrogen-bond donors (Lipinski definition) is 0. The first-order chi connectivity index (χ1) is 12.0. The summed E-state index contributed by atoms with van der Waals surface area (Å²) in [7, 11) is -3.16. The van der Waals surface area contributed by atoms with Crippen molar-refractivity contribution < 1.29 is 22.6 Å². The van der Waals surface area contributed by atoms with Crippen LogP contribution in [0.4, 0.5) is 0 Å². The monoisotopic (exact) mass is 394 g/mol. The van der Waals surface area contributed by atoms with E-state index in [1.54, 1.807) is 0 Å². The van der Waals surface area contributed by atoms with Crippen LogP contribution in [-0.2, 0) is 13.6 Å². The van der Waals surface area contributed by atoms with Gasteiger partial charge in [0.2, 0.25) is 0 Å². The van der Waals surface area contributed by atoms with Crippen LogP contribution in [0.3, 0.4) is 0 Å². The van der Waals surface area contributed by atoms with Crippen molar-refractivity contribution in [3.05, 3.63) is 0 Å². The van der Waals surface area contributed by atoms with Crippen LogP contribution in [0, 0.1) is 0 Å². The van der Waals surface area contributed by atoms with Gasteiger partial charge in [-0.3, -0.25) is 4.57 Å². The lowest BCUT2D eigenvalue weighted by Gasteiger charge is -2.38. The van der Waals surface area contributed by atoms with Crippen molar-refractivity contribution in [2.75, 3.05) is 65.6 Å². The lowest BCUT2D eigenvalue weighted by molar-refractivity contribution is -0.923. The van der Waals surface area contributed by atoms with Crippen LogP contribution in [0.15, 0.2) is 0 Å². The van der Waals surface area contributed by atoms with Crippen molar-refractivity contribution in [1.82, 2.24) is 0 Å². The molecule has 0 aliphatic carbocycles. The Hall–Kier alpha value is 0.0700. The highest BCUT2D eigenvalue weighted by molar-refractivity contribution is 7.55. The van der Waals surface area contributed by atoms with E-state index in [0.717, 1.165) is 61.3 Å². The van der Waals surface area contributed by atoms with Crippen LogP contribution < -0.4 is 0 Å². The highest BCUT2D eigenvalue weighted by Gasteiger charge is 2.41. The quantitative estimate of drug-likeness (QED) is 0.315. The zero-order valence-electron chi connectivity index (χ0n) is 19.1. The van der Waals surface area contributed by atoms with E-state index in [0.29, 0.717) is 13.2 Å². The van der Waals surface area contributed by atoms with E-state index >= 15 is 0 Å². The van der Waals surface area contributed by atoms with Crippen molar-refractivity contribution in [2.24, 2.45) is 0 Å². The zero-order chi connectivity index (χ0) is 20.5. The first-order valence-electron chi connectivity index (χ1n) is 10.6. The molecule has 158 valence electrons. The summed E-state index contributed by atoms with van der Waals surface area (Å²) in [6, 6.07) is 0. The van der Waals surface area contributed by atoms with Crippen LogP contribution in [0.5, 0.6) is 0 Å². The molecule has 6 heteroatoms. The zero-order valence-corrected chi connectivity index (χ0v) is 20.0. The van der Waals surface area contributed by atoms with E-state index in [1.807, 2.05) is 20.8 Å². The largest absolute Gasteiger partial charge is 0.336 e. The Kier molecular flexibility index (Phi) is 11.2. The van der Waals surface area contributed by atoms with Gasteiger partial charge < -0.3 is 18.0 Å². The Labute approximate surface area is 163 Å². The van der Waals surface area contributed by atoms with E-state index in [9.17, 15) is 4.57 Å². The van der Waals surface area contributed by atoms with Gasteiger partial charge in [-0.25, -0.2) is 0 Å². The van der Waals surface area contributed by atoms with E-state index in [2.05, 4.69) is 41.5 Å². The third-order valence-corrected chi connectivity index (χ3v) is 9.19. The van der Waals surface area contributed by atoms with Crippen LogP contribution in [-0.4, -0.2) is 79.7 Å². The topological polar surface area (TPSA) is 35.5 Å². The molecule has 0 saturated carbocycles. The first-order valence-corrected chi connectivity index (χ1v) is 12.2. The molecule has 0 aliphatic heterocycles. The molecule has 0 saturated heterocycles. The van der Waals surface area contributed by atoms with Crippen LogP contribution in [0.25, 0.3) is 0 Å². The summed E-state index contributed by atoms with van der Waals surface area (Å²) < 4.78 is 27.4. The van der Waals surface area contributed by atoms with Gasteiger partial charge in [0.05, 0.1) is 44.4 Å². The van der Waals surface area contributed by atoms with Crippen LogP contribution >= 0.6 is 7.60 Å². The molecule has 0 radical (unpaired) electrons. The molecule has 0 aromatic heterocycles. The Bertz CT molecular complexity index is 381. The number of hydrogen-bond acceptors (Lipinski definition) is 3. The van der Waals surface area contributed by atoms with Crippen molar-refractivity contribution in [1.29, 1.82) is 0 Å². The summed E-state index contributed by atoms with van der Waals surface area (Å²) in [5.41, 5.74) is 0. The molecule has 0 bridgehead atoms. The number of likely N-dealkylation sites (N-methyl/N-ethyl adjacent to an activating group) is 2. The molecule has 0 aromatic carbocycles. The Morgan fingerprint density at radius 3 is 1.12 bits per heavy atom. The van der Waals surface area contributed by atoms with Gasteiger partial charge in [-0.2, -0.15) is 0 Å². The van der Waals surface area contributed by atoms with Crippen molar-refractivity contribution in [3.8, 4) is 0 Å². The summed E-state index contributed by atoms with van der Waals surface area (Å²) in [5, 5.41) is -0.506. The Balaban J connectivity index is 4.95. The molecule has 0 rings (SSSR count). The van der Waals surface area contributed by atoms with Crippen molar-refractivity contribution >= 4 is 7.60 Å². The smallest absolute Gasteiger partial charge is 0.322 e. The summed E-state index contributed by atoms with van der Waals surface area (Å²) in [4.78, 5) is 0. The van der Waals surface area contributed by atoms with Gasteiger partial charge in [0.25, 0.3) is 0 Å². The molecule has 0 fully saturated rings. The van der Waals surface area contributed by atoms with Crippen LogP contribution in [0.1, 0.15) is 62.3 Å². The third kappa shape index (κ3) is 6.91. The predicted molar refractivity (Wildman–Crippen MR) is 113 cm³/mol. The lowest BCUT2D eigenvalue weighted by Crippen LogP contribution is -2.50. The Morgan fingerprint density at radius 2 is 0.923 bits per heavy atom. The highest BCUT2D eigenvalue weighted by atomic mass is 31.2. The fourth-order valence-corrected chi connectivity index (χ4v) is 4.92. The molecule has 0 spiro atoms. The summed E-state index contributed by atoms with van der Waals surface area (Å²) >= 11 is 0. The predicted octanol–water partition coefficient (Wildman–Crippen LogP) is 4.76. The molecule has 26 heavy (non-hydrogen) atoms. The molecular weight excluding hydrogens is 347 g/mol. The van der Waals surface area contributed by atoms with E-state index in [1.165, 1.54) is 0 Å². The van der Waals surface area contributed by atoms with E-state index < -0.39 is 12.8 Å². The maximum Gasteiger partial charge on any atom is 0.336 e. The van der Waals surface area contributed by atoms with E-state index in [-0.39, 0.29) is 0 Å². The first kappa shape index (κ1) is 26.1. The van der Waals surface area contributed by atoms with Gasteiger partial charge in [0.15, 0.2) is 0 Å². The second-order valence-corrected chi connectivity index (χ2v) is 11.2. The van der Waals surface area contributed by atoms with Gasteiger partial charge in [-0.05, 0) is 62.3 Å². The molecule has 0 atom stereocenters. The van der Waals surface area contributed by atoms with Crippen LogP contribution in [0.2, 0.25) is 0 Å². The average molecular weight is 395 g/mol. The van der Waals surface area contributed by atoms with Gasteiger partial charge in [-0.15, -0.1) is 0 Å². The fraction of sp³-hybridized carbons (Fsp3) is 1.00. The third-order valence-electron chi connectivity index (χ3n) is 6.50. The lowest BCUT2D eigenvalue weighted by atomic mass is 10.3. The fourth-order valence-electron chi connectivity index (χ4n) is 3.42. The Morgan fingerprint density at radius 1 is 0.654 bits per heavy atom. The second kappa shape index (κ2) is 11.2. The second-order valence-electron chi connectivity index (χ2n) is 8.36. The minimum atomic E-state index is -3.16. The highest BCUT2D eigenvalue weighted by Crippen LogP contribution is 2.59. The maximum atomic E-state index is 13.5. The number of quaternary nitrogens is 2. The molecule has 0 aromatic rings. The van der Waals surface area contributed by atoms with E-state index in [4.69, 9.17) is 9.05 Å².